The van der Waals surface area contributed by atoms with Crippen LogP contribution in [0, 0.1) is 6.92 Å². The van der Waals surface area contributed by atoms with E-state index < -0.39 is 17.7 Å². The first-order valence-electron chi connectivity index (χ1n) is 9.28. The first kappa shape index (κ1) is 22.6. The van der Waals surface area contributed by atoms with Crippen molar-refractivity contribution in [2.24, 2.45) is 0 Å². The number of aryl methyl sites for hydroxylation is 1. The van der Waals surface area contributed by atoms with Crippen molar-refractivity contribution in [1.82, 2.24) is 4.98 Å². The molecule has 0 aliphatic rings. The highest BCUT2D eigenvalue weighted by molar-refractivity contribution is 7.15. The van der Waals surface area contributed by atoms with Crippen LogP contribution in [0.5, 0.6) is 5.75 Å². The number of methoxy groups -OCH3 is 2. The minimum Gasteiger partial charge on any atom is -0.496 e. The molecule has 0 amide bonds. The smallest absolute Gasteiger partial charge is 0.416 e. The molecule has 3 aromatic rings. The van der Waals surface area contributed by atoms with E-state index in [0.717, 1.165) is 33.8 Å². The molecule has 0 atom stereocenters. The van der Waals surface area contributed by atoms with Crippen molar-refractivity contribution in [2.45, 2.75) is 19.5 Å². The zero-order valence-corrected chi connectivity index (χ0v) is 17.9. The number of thiazole rings is 1. The summed E-state index contributed by atoms with van der Waals surface area (Å²) in [5, 5.41) is 0.672. The third-order valence-electron chi connectivity index (χ3n) is 4.61. The van der Waals surface area contributed by atoms with E-state index >= 15 is 0 Å². The third kappa shape index (κ3) is 5.52. The van der Waals surface area contributed by atoms with Crippen LogP contribution in [0.4, 0.5) is 13.2 Å². The van der Waals surface area contributed by atoms with E-state index in [1.807, 2.05) is 25.1 Å². The second kappa shape index (κ2) is 9.34. The average molecular weight is 447 g/mol. The zero-order chi connectivity index (χ0) is 22.6. The molecule has 0 fully saturated rings. The van der Waals surface area contributed by atoms with Gasteiger partial charge in [0.25, 0.3) is 0 Å². The number of carbonyl (C=O) groups is 1. The summed E-state index contributed by atoms with van der Waals surface area (Å²) < 4.78 is 48.4. The Kier molecular flexibility index (Phi) is 6.80. The molecular formula is C23H20F3NO3S. The van der Waals surface area contributed by atoms with Crippen molar-refractivity contribution in [2.75, 3.05) is 14.2 Å². The normalized spacial score (nSPS) is 11.7. The molecule has 0 bridgehead atoms. The number of halogens is 3. The van der Waals surface area contributed by atoms with Crippen LogP contribution in [0.3, 0.4) is 0 Å². The molecule has 0 N–H and O–H groups in total. The Morgan fingerprint density at radius 3 is 2.45 bits per heavy atom. The van der Waals surface area contributed by atoms with Crippen LogP contribution in [0.2, 0.25) is 0 Å². The Morgan fingerprint density at radius 2 is 1.84 bits per heavy atom. The van der Waals surface area contributed by atoms with E-state index in [9.17, 15) is 18.0 Å². The van der Waals surface area contributed by atoms with Gasteiger partial charge in [0.05, 0.1) is 25.5 Å². The van der Waals surface area contributed by atoms with Gasteiger partial charge in [-0.3, -0.25) is 0 Å². The summed E-state index contributed by atoms with van der Waals surface area (Å²) in [5.74, 6) is 0.157. The van der Waals surface area contributed by atoms with E-state index in [0.29, 0.717) is 22.7 Å². The molecule has 8 heteroatoms. The summed E-state index contributed by atoms with van der Waals surface area (Å²) in [7, 11) is 2.86. The van der Waals surface area contributed by atoms with E-state index in [-0.39, 0.29) is 0 Å². The lowest BCUT2D eigenvalue weighted by Crippen LogP contribution is -2.03. The molecule has 0 saturated carbocycles. The van der Waals surface area contributed by atoms with Crippen LogP contribution in [0.1, 0.15) is 27.3 Å². The third-order valence-corrected chi connectivity index (χ3v) is 5.82. The van der Waals surface area contributed by atoms with Gasteiger partial charge in [0.1, 0.15) is 10.8 Å². The van der Waals surface area contributed by atoms with E-state index in [1.54, 1.807) is 13.2 Å². The Morgan fingerprint density at radius 1 is 1.13 bits per heavy atom. The first-order valence-corrected chi connectivity index (χ1v) is 10.1. The van der Waals surface area contributed by atoms with Crippen LogP contribution in [-0.4, -0.2) is 25.2 Å². The average Bonchev–Trinajstić information content (AvgIpc) is 3.12. The number of aromatic nitrogens is 1. The number of hydrogen-bond donors (Lipinski definition) is 0. The van der Waals surface area contributed by atoms with E-state index in [1.165, 1.54) is 36.7 Å². The molecule has 0 radical (unpaired) electrons. The van der Waals surface area contributed by atoms with Crippen molar-refractivity contribution in [3.8, 4) is 16.3 Å². The van der Waals surface area contributed by atoms with Crippen LogP contribution in [0.25, 0.3) is 16.6 Å². The topological polar surface area (TPSA) is 48.4 Å². The maximum atomic E-state index is 12.8. The van der Waals surface area contributed by atoms with Crippen LogP contribution in [0.15, 0.2) is 48.5 Å². The Labute approximate surface area is 182 Å². The number of nitrogens with zero attached hydrogens (tertiary/aromatic N) is 1. The summed E-state index contributed by atoms with van der Waals surface area (Å²) in [4.78, 5) is 16.8. The maximum Gasteiger partial charge on any atom is 0.416 e. The summed E-state index contributed by atoms with van der Waals surface area (Å²) in [6, 6.07) is 10.7. The summed E-state index contributed by atoms with van der Waals surface area (Å²) >= 11 is 1.45. The second-order valence-electron chi connectivity index (χ2n) is 6.71. The number of hydrogen-bond acceptors (Lipinski definition) is 5. The van der Waals surface area contributed by atoms with Crippen molar-refractivity contribution < 1.29 is 27.4 Å². The molecular weight excluding hydrogens is 427 g/mol. The van der Waals surface area contributed by atoms with Crippen molar-refractivity contribution >= 4 is 23.4 Å². The van der Waals surface area contributed by atoms with Crippen molar-refractivity contribution in [3.05, 3.63) is 75.8 Å². The molecule has 0 unspecified atom stereocenters. The van der Waals surface area contributed by atoms with Crippen molar-refractivity contribution in [1.29, 1.82) is 0 Å². The van der Waals surface area contributed by atoms with Gasteiger partial charge in [-0.1, -0.05) is 24.3 Å². The molecule has 4 nitrogen and oxygen atoms in total. The molecule has 0 aliphatic carbocycles. The number of rotatable bonds is 6. The van der Waals surface area contributed by atoms with Gasteiger partial charge in [0, 0.05) is 28.5 Å². The second-order valence-corrected chi connectivity index (χ2v) is 7.80. The summed E-state index contributed by atoms with van der Waals surface area (Å²) in [5.41, 5.74) is 2.51. The fourth-order valence-corrected chi connectivity index (χ4v) is 4.03. The fraction of sp³-hybridized carbons (Fsp3) is 0.217. The van der Waals surface area contributed by atoms with Crippen molar-refractivity contribution in [3.63, 3.8) is 0 Å². The fourth-order valence-electron chi connectivity index (χ4n) is 2.93. The molecule has 31 heavy (non-hydrogen) atoms. The number of esters is 1. The molecule has 1 aromatic heterocycles. The Bertz CT molecular complexity index is 1100. The van der Waals surface area contributed by atoms with Gasteiger partial charge in [-0.25, -0.2) is 9.78 Å². The highest BCUT2D eigenvalue weighted by Crippen LogP contribution is 2.34. The van der Waals surface area contributed by atoms with Gasteiger partial charge in [-0.2, -0.15) is 13.2 Å². The van der Waals surface area contributed by atoms with Gasteiger partial charge in [-0.05, 0) is 36.8 Å². The number of carbonyl (C=O) groups excluding carboxylic acids is 1. The van der Waals surface area contributed by atoms with Gasteiger partial charge < -0.3 is 9.47 Å². The molecule has 0 saturated heterocycles. The van der Waals surface area contributed by atoms with Gasteiger partial charge in [0.15, 0.2) is 0 Å². The molecule has 0 spiro atoms. The predicted octanol–water partition coefficient (Wildman–Crippen LogP) is 5.92. The zero-order valence-electron chi connectivity index (χ0n) is 17.1. The molecule has 162 valence electrons. The Balaban J connectivity index is 1.81. The maximum absolute atomic E-state index is 12.8. The van der Waals surface area contributed by atoms with Crippen LogP contribution >= 0.6 is 11.3 Å². The summed E-state index contributed by atoms with van der Waals surface area (Å²) in [6.07, 6.45) is -0.822. The first-order chi connectivity index (χ1) is 14.7. The molecule has 3 rings (SSSR count). The highest BCUT2D eigenvalue weighted by Gasteiger charge is 2.30. The predicted molar refractivity (Wildman–Crippen MR) is 114 cm³/mol. The highest BCUT2D eigenvalue weighted by atomic mass is 32.1. The lowest BCUT2D eigenvalue weighted by atomic mass is 10.1. The van der Waals surface area contributed by atoms with Gasteiger partial charge >= 0.3 is 12.1 Å². The quantitative estimate of drug-likeness (QED) is 0.348. The SMILES string of the molecule is COC(=O)C=Cc1ccc(Cc2sc(-c3ccc(C(F)(F)F)cc3)nc2C)cc1OC. The summed E-state index contributed by atoms with van der Waals surface area (Å²) in [6.45, 7) is 1.88. The van der Waals surface area contributed by atoms with Gasteiger partial charge in [-0.15, -0.1) is 11.3 Å². The largest absolute Gasteiger partial charge is 0.496 e. The Hall–Kier alpha value is -3.13. The molecule has 1 heterocycles. The monoisotopic (exact) mass is 447 g/mol. The number of alkyl halides is 3. The van der Waals surface area contributed by atoms with E-state index in [2.05, 4.69) is 9.72 Å². The van der Waals surface area contributed by atoms with Crippen LogP contribution < -0.4 is 4.74 Å². The van der Waals surface area contributed by atoms with Crippen LogP contribution in [-0.2, 0) is 22.1 Å². The molecule has 2 aromatic carbocycles. The van der Waals surface area contributed by atoms with E-state index in [4.69, 9.17) is 4.74 Å². The number of ether oxygens (including phenoxy) is 2. The lowest BCUT2D eigenvalue weighted by molar-refractivity contribution is -0.137. The minimum absolute atomic E-state index is 0.456. The van der Waals surface area contributed by atoms with Gasteiger partial charge in [0.2, 0.25) is 0 Å². The standard InChI is InChI=1S/C23H20F3NO3S/c1-14-20(31-22(27-14)17-6-9-18(10-7-17)23(24,25)26)13-15-4-5-16(19(12-15)29-2)8-11-21(28)30-3/h4-12H,13H2,1-3H3. The minimum atomic E-state index is -4.36. The molecule has 0 aliphatic heterocycles. The number of benzene rings is 2. The lowest BCUT2D eigenvalue weighted by Gasteiger charge is -2.08.